The van der Waals surface area contributed by atoms with Crippen molar-refractivity contribution in [3.05, 3.63) is 91.1 Å². The molecule has 0 unspecified atom stereocenters. The Morgan fingerprint density at radius 1 is 0.968 bits per heavy atom. The highest BCUT2D eigenvalue weighted by atomic mass is 32.2. The van der Waals surface area contributed by atoms with E-state index in [1.807, 2.05) is 103 Å². The number of carbonyl (C=O) groups excluding carboxylic acids is 1. The number of rotatable bonds is 8. The van der Waals surface area contributed by atoms with Crippen LogP contribution in [0.1, 0.15) is 6.92 Å². The molecule has 5 nitrogen and oxygen atoms in total. The summed E-state index contributed by atoms with van der Waals surface area (Å²) in [6.45, 7) is 2.55. The maximum atomic E-state index is 12.5. The summed E-state index contributed by atoms with van der Waals surface area (Å²) in [4.78, 5) is 17.3. The summed E-state index contributed by atoms with van der Waals surface area (Å²) in [7, 11) is 0. The molecule has 156 valence electrons. The molecular weight excluding hydrogens is 406 g/mol. The van der Waals surface area contributed by atoms with Gasteiger partial charge in [0, 0.05) is 23.1 Å². The maximum Gasteiger partial charge on any atom is 0.234 e. The van der Waals surface area contributed by atoms with Crippen LogP contribution in [0, 0.1) is 0 Å². The SMILES string of the molecule is CCOc1ccc(NC(=O)CSc2nc(-c3ccccc3)cn2-c2ccccc2)cc1. The third kappa shape index (κ3) is 5.35. The minimum atomic E-state index is -0.0852. The van der Waals surface area contributed by atoms with Gasteiger partial charge in [-0.15, -0.1) is 0 Å². The number of imidazole rings is 1. The molecule has 4 aromatic rings. The highest BCUT2D eigenvalue weighted by Crippen LogP contribution is 2.27. The Balaban J connectivity index is 1.49. The van der Waals surface area contributed by atoms with Gasteiger partial charge >= 0.3 is 0 Å². The zero-order chi connectivity index (χ0) is 21.5. The van der Waals surface area contributed by atoms with Crippen LogP contribution >= 0.6 is 11.8 Å². The molecule has 4 rings (SSSR count). The summed E-state index contributed by atoms with van der Waals surface area (Å²) in [6, 6.07) is 27.4. The Labute approximate surface area is 186 Å². The molecule has 1 heterocycles. The number of hydrogen-bond acceptors (Lipinski definition) is 4. The highest BCUT2D eigenvalue weighted by molar-refractivity contribution is 7.99. The predicted molar refractivity (Wildman–Crippen MR) is 126 cm³/mol. The lowest BCUT2D eigenvalue weighted by Crippen LogP contribution is -2.14. The summed E-state index contributed by atoms with van der Waals surface area (Å²) in [5.74, 6) is 0.955. The number of hydrogen-bond donors (Lipinski definition) is 1. The molecule has 0 saturated carbocycles. The fraction of sp³-hybridized carbons (Fsp3) is 0.120. The number of ether oxygens (including phenoxy) is 1. The van der Waals surface area contributed by atoms with Gasteiger partial charge in [0.15, 0.2) is 5.16 Å². The molecule has 1 amide bonds. The van der Waals surface area contributed by atoms with Gasteiger partial charge in [-0.2, -0.15) is 0 Å². The lowest BCUT2D eigenvalue weighted by Gasteiger charge is -2.08. The molecule has 0 atom stereocenters. The van der Waals surface area contributed by atoms with Crippen LogP contribution in [0.4, 0.5) is 5.69 Å². The quantitative estimate of drug-likeness (QED) is 0.367. The molecule has 0 aliphatic rings. The summed E-state index contributed by atoms with van der Waals surface area (Å²) < 4.78 is 7.46. The van der Waals surface area contributed by atoms with E-state index >= 15 is 0 Å². The van der Waals surface area contributed by atoms with Crippen molar-refractivity contribution in [2.45, 2.75) is 12.1 Å². The number of thioether (sulfide) groups is 1. The molecule has 1 N–H and O–H groups in total. The second-order valence-electron chi connectivity index (χ2n) is 6.77. The van der Waals surface area contributed by atoms with Crippen molar-refractivity contribution in [2.75, 3.05) is 17.7 Å². The molecule has 0 bridgehead atoms. The number of nitrogens with zero attached hydrogens (tertiary/aromatic N) is 2. The van der Waals surface area contributed by atoms with Crippen LogP contribution in [-0.4, -0.2) is 27.8 Å². The fourth-order valence-electron chi connectivity index (χ4n) is 3.11. The van der Waals surface area contributed by atoms with Gasteiger partial charge in [-0.1, -0.05) is 60.3 Å². The van der Waals surface area contributed by atoms with Gasteiger partial charge in [0.25, 0.3) is 0 Å². The number of benzene rings is 3. The van der Waals surface area contributed by atoms with E-state index in [1.165, 1.54) is 11.8 Å². The fourth-order valence-corrected chi connectivity index (χ4v) is 3.91. The number of anilines is 1. The van der Waals surface area contributed by atoms with E-state index in [1.54, 1.807) is 0 Å². The molecule has 0 saturated heterocycles. The summed E-state index contributed by atoms with van der Waals surface area (Å²) in [5.41, 5.74) is 3.66. The number of para-hydroxylation sites is 1. The Hall–Kier alpha value is -3.51. The van der Waals surface area contributed by atoms with E-state index in [9.17, 15) is 4.79 Å². The van der Waals surface area contributed by atoms with Crippen LogP contribution in [0.2, 0.25) is 0 Å². The van der Waals surface area contributed by atoms with Crippen molar-refractivity contribution in [1.82, 2.24) is 9.55 Å². The lowest BCUT2D eigenvalue weighted by molar-refractivity contribution is -0.113. The molecule has 0 aliphatic heterocycles. The molecule has 31 heavy (non-hydrogen) atoms. The van der Waals surface area contributed by atoms with Gasteiger partial charge in [0.1, 0.15) is 5.75 Å². The molecule has 1 aromatic heterocycles. The number of carbonyl (C=O) groups is 1. The first-order chi connectivity index (χ1) is 15.2. The summed E-state index contributed by atoms with van der Waals surface area (Å²) in [6.07, 6.45) is 2.01. The van der Waals surface area contributed by atoms with Crippen LogP contribution in [0.25, 0.3) is 16.9 Å². The maximum absolute atomic E-state index is 12.5. The van der Waals surface area contributed by atoms with Crippen LogP contribution in [0.3, 0.4) is 0 Å². The van der Waals surface area contributed by atoms with Gasteiger partial charge < -0.3 is 10.1 Å². The van der Waals surface area contributed by atoms with Crippen molar-refractivity contribution in [1.29, 1.82) is 0 Å². The van der Waals surface area contributed by atoms with E-state index < -0.39 is 0 Å². The van der Waals surface area contributed by atoms with E-state index in [4.69, 9.17) is 9.72 Å². The highest BCUT2D eigenvalue weighted by Gasteiger charge is 2.14. The smallest absolute Gasteiger partial charge is 0.234 e. The van der Waals surface area contributed by atoms with E-state index in [-0.39, 0.29) is 11.7 Å². The zero-order valence-electron chi connectivity index (χ0n) is 17.2. The largest absolute Gasteiger partial charge is 0.494 e. The number of amides is 1. The monoisotopic (exact) mass is 429 g/mol. The van der Waals surface area contributed by atoms with E-state index in [0.717, 1.165) is 33.5 Å². The number of nitrogens with one attached hydrogen (secondary N) is 1. The summed E-state index contributed by atoms with van der Waals surface area (Å²) >= 11 is 1.41. The minimum absolute atomic E-state index is 0.0852. The Morgan fingerprint density at radius 2 is 1.65 bits per heavy atom. The van der Waals surface area contributed by atoms with Gasteiger partial charge in [-0.25, -0.2) is 4.98 Å². The first-order valence-electron chi connectivity index (χ1n) is 10.1. The van der Waals surface area contributed by atoms with Crippen molar-refractivity contribution < 1.29 is 9.53 Å². The molecule has 6 heteroatoms. The van der Waals surface area contributed by atoms with Crippen molar-refractivity contribution >= 4 is 23.4 Å². The van der Waals surface area contributed by atoms with Crippen LogP contribution < -0.4 is 10.1 Å². The van der Waals surface area contributed by atoms with Crippen LogP contribution in [-0.2, 0) is 4.79 Å². The standard InChI is InChI=1S/C25H23N3O2S/c1-2-30-22-15-13-20(14-16-22)26-24(29)18-31-25-27-23(19-9-5-3-6-10-19)17-28(25)21-11-7-4-8-12-21/h3-17H,2,18H2,1H3,(H,26,29). The van der Waals surface area contributed by atoms with Gasteiger partial charge in [-0.05, 0) is 43.3 Å². The van der Waals surface area contributed by atoms with Crippen molar-refractivity contribution in [3.63, 3.8) is 0 Å². The third-order valence-corrected chi connectivity index (χ3v) is 5.51. The average molecular weight is 430 g/mol. The zero-order valence-corrected chi connectivity index (χ0v) is 18.0. The second kappa shape index (κ2) is 10.00. The lowest BCUT2D eigenvalue weighted by atomic mass is 10.2. The molecule has 0 radical (unpaired) electrons. The Kier molecular flexibility index (Phi) is 6.69. The minimum Gasteiger partial charge on any atom is -0.494 e. The third-order valence-electron chi connectivity index (χ3n) is 4.56. The van der Waals surface area contributed by atoms with Gasteiger partial charge in [0.2, 0.25) is 5.91 Å². The molecular formula is C25H23N3O2S. The molecule has 0 spiro atoms. The molecule has 0 fully saturated rings. The van der Waals surface area contributed by atoms with Crippen LogP contribution in [0.15, 0.2) is 96.3 Å². The molecule has 0 aliphatic carbocycles. The Morgan fingerprint density at radius 3 is 2.32 bits per heavy atom. The van der Waals surface area contributed by atoms with Crippen molar-refractivity contribution in [2.24, 2.45) is 0 Å². The normalized spacial score (nSPS) is 10.6. The second-order valence-corrected chi connectivity index (χ2v) is 7.72. The van der Waals surface area contributed by atoms with Crippen molar-refractivity contribution in [3.8, 4) is 22.7 Å². The van der Waals surface area contributed by atoms with Crippen LogP contribution in [0.5, 0.6) is 5.75 Å². The summed E-state index contributed by atoms with van der Waals surface area (Å²) in [5, 5.41) is 3.70. The van der Waals surface area contributed by atoms with Gasteiger partial charge in [0.05, 0.1) is 18.1 Å². The molecule has 3 aromatic carbocycles. The number of aromatic nitrogens is 2. The van der Waals surface area contributed by atoms with Gasteiger partial charge in [-0.3, -0.25) is 9.36 Å². The topological polar surface area (TPSA) is 56.1 Å². The van der Waals surface area contributed by atoms with E-state index in [0.29, 0.717) is 6.61 Å². The average Bonchev–Trinajstić information content (AvgIpc) is 3.25. The first kappa shape index (κ1) is 20.8. The first-order valence-corrected chi connectivity index (χ1v) is 11.1. The predicted octanol–water partition coefficient (Wildman–Crippen LogP) is 5.67. The Bertz CT molecular complexity index is 1130. The van der Waals surface area contributed by atoms with E-state index in [2.05, 4.69) is 5.32 Å².